The topological polar surface area (TPSA) is 150 Å². The molecule has 59 heavy (non-hydrogen) atoms. The second-order valence-electron chi connectivity index (χ2n) is 15.6. The fraction of sp³-hybridized carbons (Fsp3) is 0.538. The molecule has 20 heteroatoms. The number of hydrogen-bond donors (Lipinski definition) is 3. The van der Waals surface area contributed by atoms with Crippen LogP contribution in [0.2, 0.25) is 0 Å². The van der Waals surface area contributed by atoms with Gasteiger partial charge in [-0.15, -0.1) is 0 Å². The number of hydrogen-bond acceptors (Lipinski definition) is 10. The highest BCUT2D eigenvalue weighted by atomic mass is 32.1. The number of thiocarbonyl (C=S) groups is 1. The molecule has 0 radical (unpaired) electrons. The normalized spacial score (nSPS) is 24.5. The Balaban J connectivity index is 0.971. The first-order chi connectivity index (χ1) is 27.8. The molecule has 0 spiro atoms. The second-order valence-corrected chi connectivity index (χ2v) is 16.0. The summed E-state index contributed by atoms with van der Waals surface area (Å²) < 4.78 is 90.1. The van der Waals surface area contributed by atoms with E-state index in [0.29, 0.717) is 43.5 Å². The second kappa shape index (κ2) is 17.4. The standard InChI is InChI=1S/C39H44F6N8O5S/c1-37(2)35(57)52(27-7-6-23(20-46)29(19-27)38(40,41)42)36(59)53(37)26-8-10-28(11-9-26)58-17-16-50-14-15-51(31(21-50)39(43,44)45)22-33(55)48-25-5-3-4-24(18-25)47-30-12-13-32(54)49-34(30)56/h3-7,18-19,26,28,30-31,47H,8-17,21-22H2,1-2H3,(H,48,55)(H,49,54,56)/t26-,28-,30?,31-/m1/s1. The molecule has 0 aromatic heterocycles. The number of nitrogens with one attached hydrogen (secondary N) is 3. The minimum absolute atomic E-state index is 0.0128. The summed E-state index contributed by atoms with van der Waals surface area (Å²) in [7, 11) is 0. The van der Waals surface area contributed by atoms with Crippen LogP contribution < -0.4 is 20.9 Å². The van der Waals surface area contributed by atoms with Crippen molar-refractivity contribution in [3.05, 3.63) is 53.6 Å². The van der Waals surface area contributed by atoms with Crippen LogP contribution in [0.1, 0.15) is 63.5 Å². The SMILES string of the molecule is CC1(C)C(=O)N(c2ccc(C#N)c(C(F)(F)F)c2)C(=S)N1[C@H]1CC[C@H](OCCN2CCN(CC(=O)Nc3cccc(NC4CCC(=O)NC4=O)c3)[C@@H](C(F)(F)F)C2)CC1. The number of alkyl halides is 6. The Morgan fingerprint density at radius 3 is 2.37 bits per heavy atom. The predicted molar refractivity (Wildman–Crippen MR) is 207 cm³/mol. The maximum Gasteiger partial charge on any atom is 0.417 e. The number of anilines is 3. The number of rotatable bonds is 11. The molecule has 1 aliphatic carbocycles. The summed E-state index contributed by atoms with van der Waals surface area (Å²) in [6.07, 6.45) is -6.93. The van der Waals surface area contributed by atoms with E-state index in [-0.39, 0.29) is 68.1 Å². The average molecular weight is 851 g/mol. The van der Waals surface area contributed by atoms with Crippen LogP contribution in [0, 0.1) is 11.3 Å². The summed E-state index contributed by atoms with van der Waals surface area (Å²) in [5.41, 5.74) is -2.16. The number of carbonyl (C=O) groups is 4. The number of benzene rings is 2. The van der Waals surface area contributed by atoms with E-state index in [1.54, 1.807) is 47.9 Å². The number of nitriles is 1. The van der Waals surface area contributed by atoms with Crippen molar-refractivity contribution in [2.24, 2.45) is 0 Å². The third-order valence-corrected chi connectivity index (χ3v) is 11.6. The minimum atomic E-state index is -4.82. The molecule has 6 rings (SSSR count). The molecule has 3 aliphatic heterocycles. The van der Waals surface area contributed by atoms with Gasteiger partial charge >= 0.3 is 12.4 Å². The van der Waals surface area contributed by atoms with Crippen molar-refractivity contribution in [2.45, 2.75) is 94.5 Å². The van der Waals surface area contributed by atoms with Crippen molar-refractivity contribution < 1.29 is 50.3 Å². The number of imide groups is 1. The van der Waals surface area contributed by atoms with Crippen LogP contribution in [-0.4, -0.2) is 119 Å². The molecule has 0 bridgehead atoms. The van der Waals surface area contributed by atoms with Crippen molar-refractivity contribution >= 4 is 58.0 Å². The Hall–Kier alpha value is -4.84. The number of carbonyl (C=O) groups excluding carboxylic acids is 4. The Kier molecular flexibility index (Phi) is 12.9. The van der Waals surface area contributed by atoms with Crippen LogP contribution >= 0.6 is 12.2 Å². The van der Waals surface area contributed by atoms with E-state index in [1.165, 1.54) is 12.1 Å². The molecule has 2 aromatic carbocycles. The molecular weight excluding hydrogens is 807 g/mol. The van der Waals surface area contributed by atoms with Gasteiger partial charge in [0, 0.05) is 50.0 Å². The highest BCUT2D eigenvalue weighted by molar-refractivity contribution is 7.80. The van der Waals surface area contributed by atoms with Crippen LogP contribution in [-0.2, 0) is 30.1 Å². The number of nitrogens with zero attached hydrogens (tertiary/aromatic N) is 5. The zero-order valence-electron chi connectivity index (χ0n) is 32.3. The molecule has 318 valence electrons. The van der Waals surface area contributed by atoms with Gasteiger partial charge in [-0.2, -0.15) is 31.6 Å². The monoisotopic (exact) mass is 850 g/mol. The predicted octanol–water partition coefficient (Wildman–Crippen LogP) is 5.02. The van der Waals surface area contributed by atoms with Crippen LogP contribution in [0.4, 0.5) is 43.4 Å². The molecule has 1 saturated carbocycles. The molecule has 4 aliphatic rings. The van der Waals surface area contributed by atoms with E-state index in [0.717, 1.165) is 21.9 Å². The number of piperidine rings is 1. The first-order valence-electron chi connectivity index (χ1n) is 19.2. The Bertz CT molecular complexity index is 2000. The zero-order valence-corrected chi connectivity index (χ0v) is 33.1. The minimum Gasteiger partial charge on any atom is -0.377 e. The molecule has 2 aromatic rings. The fourth-order valence-corrected chi connectivity index (χ4v) is 8.72. The molecule has 3 heterocycles. The van der Waals surface area contributed by atoms with Gasteiger partial charge < -0.3 is 20.3 Å². The third-order valence-electron chi connectivity index (χ3n) is 11.2. The maximum absolute atomic E-state index is 14.3. The molecular formula is C39H44F6N8O5S. The molecule has 4 amide bonds. The van der Waals surface area contributed by atoms with Gasteiger partial charge in [-0.3, -0.25) is 39.2 Å². The largest absolute Gasteiger partial charge is 0.417 e. The van der Waals surface area contributed by atoms with Crippen molar-refractivity contribution in [3.63, 3.8) is 0 Å². The van der Waals surface area contributed by atoms with Gasteiger partial charge in [-0.25, -0.2) is 0 Å². The maximum atomic E-state index is 14.3. The van der Waals surface area contributed by atoms with Crippen LogP contribution in [0.3, 0.4) is 0 Å². The molecule has 3 saturated heterocycles. The van der Waals surface area contributed by atoms with Crippen LogP contribution in [0.25, 0.3) is 0 Å². The number of amides is 4. The van der Waals surface area contributed by atoms with Gasteiger partial charge in [-0.1, -0.05) is 6.07 Å². The Morgan fingerprint density at radius 1 is 1.00 bits per heavy atom. The Labute approximate surface area is 342 Å². The van der Waals surface area contributed by atoms with E-state index < -0.39 is 65.4 Å². The summed E-state index contributed by atoms with van der Waals surface area (Å²) in [5, 5.41) is 17.2. The van der Waals surface area contributed by atoms with Crippen molar-refractivity contribution in [1.82, 2.24) is 20.0 Å². The molecule has 13 nitrogen and oxygen atoms in total. The van der Waals surface area contributed by atoms with E-state index in [2.05, 4.69) is 16.0 Å². The van der Waals surface area contributed by atoms with Crippen molar-refractivity contribution in [2.75, 3.05) is 54.9 Å². The lowest BCUT2D eigenvalue weighted by Crippen LogP contribution is -2.60. The highest BCUT2D eigenvalue weighted by Gasteiger charge is 2.53. The third kappa shape index (κ3) is 9.97. The summed E-state index contributed by atoms with van der Waals surface area (Å²) >= 11 is 5.67. The fourth-order valence-electron chi connectivity index (χ4n) is 8.16. The van der Waals surface area contributed by atoms with Crippen LogP contribution in [0.5, 0.6) is 0 Å². The van der Waals surface area contributed by atoms with Crippen LogP contribution in [0.15, 0.2) is 42.5 Å². The van der Waals surface area contributed by atoms with Gasteiger partial charge in [0.05, 0.1) is 42.1 Å². The molecule has 1 unspecified atom stereocenters. The average Bonchev–Trinajstić information content (AvgIpc) is 3.34. The summed E-state index contributed by atoms with van der Waals surface area (Å²) in [5.74, 6) is -1.96. The van der Waals surface area contributed by atoms with Gasteiger partial charge in [-0.05, 0) is 94.6 Å². The van der Waals surface area contributed by atoms with Gasteiger partial charge in [0.2, 0.25) is 17.7 Å². The molecule has 3 N–H and O–H groups in total. The van der Waals surface area contributed by atoms with Gasteiger partial charge in [0.1, 0.15) is 17.6 Å². The van der Waals surface area contributed by atoms with E-state index in [1.807, 2.05) is 0 Å². The Morgan fingerprint density at radius 2 is 1.71 bits per heavy atom. The van der Waals surface area contributed by atoms with E-state index in [4.69, 9.17) is 17.0 Å². The number of piperazine rings is 1. The summed E-state index contributed by atoms with van der Waals surface area (Å²) in [6.45, 7) is 3.13. The quantitative estimate of drug-likeness (QED) is 0.159. The van der Waals surface area contributed by atoms with E-state index in [9.17, 15) is 50.8 Å². The zero-order chi connectivity index (χ0) is 42.9. The molecule has 4 fully saturated rings. The highest BCUT2D eigenvalue weighted by Crippen LogP contribution is 2.41. The smallest absolute Gasteiger partial charge is 0.377 e. The van der Waals surface area contributed by atoms with Gasteiger partial charge in [0.15, 0.2) is 5.11 Å². The lowest BCUT2D eigenvalue weighted by atomic mass is 9.89. The van der Waals surface area contributed by atoms with Gasteiger partial charge in [0.25, 0.3) is 5.91 Å². The number of ether oxygens (including phenoxy) is 1. The van der Waals surface area contributed by atoms with Crippen molar-refractivity contribution in [1.29, 1.82) is 5.26 Å². The first-order valence-corrected chi connectivity index (χ1v) is 19.6. The summed E-state index contributed by atoms with van der Waals surface area (Å²) in [6, 6.07) is 8.24. The number of halogens is 6. The summed E-state index contributed by atoms with van der Waals surface area (Å²) in [4.78, 5) is 55.7. The first kappa shape index (κ1) is 43.7. The lowest BCUT2D eigenvalue weighted by molar-refractivity contribution is -0.197. The van der Waals surface area contributed by atoms with E-state index >= 15 is 0 Å². The molecule has 2 atom stereocenters. The van der Waals surface area contributed by atoms with Crippen molar-refractivity contribution in [3.8, 4) is 6.07 Å². The lowest BCUT2D eigenvalue weighted by Gasteiger charge is -2.42.